The fourth-order valence-corrected chi connectivity index (χ4v) is 3.41. The maximum absolute atomic E-state index is 13.3. The molecule has 0 spiro atoms. The van der Waals surface area contributed by atoms with Crippen LogP contribution in [0.15, 0.2) is 33.6 Å². The molecule has 1 atom stereocenters. The first-order chi connectivity index (χ1) is 12.9. The molecule has 0 bridgehead atoms. The van der Waals surface area contributed by atoms with E-state index in [1.807, 2.05) is 45.0 Å². The Kier molecular flexibility index (Phi) is 5.12. The largest absolute Gasteiger partial charge is 0.360 e. The summed E-state index contributed by atoms with van der Waals surface area (Å²) in [5.74, 6) is 0.382. The number of aromatic nitrogens is 3. The van der Waals surface area contributed by atoms with Gasteiger partial charge in [0.25, 0.3) is 11.5 Å². The summed E-state index contributed by atoms with van der Waals surface area (Å²) in [5.41, 5.74) is 2.30. The number of hydrogen-bond donors (Lipinski definition) is 0. The average Bonchev–Trinajstić information content (AvgIpc) is 3.03. The smallest absolute Gasteiger partial charge is 0.297 e. The van der Waals surface area contributed by atoms with E-state index in [1.54, 1.807) is 18.7 Å². The van der Waals surface area contributed by atoms with Gasteiger partial charge in [0.05, 0.1) is 11.1 Å². The maximum Gasteiger partial charge on any atom is 0.297 e. The standard InChI is InChI=1S/C20H24N4O3/c1-6-16(19(25)23(7-2)15-10-8-9-12(3)11-15)24-20(26)18-17(13(4)21-24)14(5)27-22-18/h8-11,16H,6-7H2,1-5H3/t16-/m1/s1. The summed E-state index contributed by atoms with van der Waals surface area (Å²) in [4.78, 5) is 27.9. The molecule has 2 aromatic heterocycles. The van der Waals surface area contributed by atoms with Gasteiger partial charge in [0.2, 0.25) is 0 Å². The van der Waals surface area contributed by atoms with Gasteiger partial charge in [0, 0.05) is 12.2 Å². The average molecular weight is 368 g/mol. The number of carbonyl (C=O) groups excluding carboxylic acids is 1. The Morgan fingerprint density at radius 2 is 2.00 bits per heavy atom. The SMILES string of the molecule is CC[C@H](C(=O)N(CC)c1cccc(C)c1)n1nc(C)c2c(C)onc2c1=O. The monoisotopic (exact) mass is 368 g/mol. The van der Waals surface area contributed by atoms with Crippen molar-refractivity contribution in [1.29, 1.82) is 0 Å². The maximum atomic E-state index is 13.3. The van der Waals surface area contributed by atoms with Crippen LogP contribution in [0.3, 0.4) is 0 Å². The molecule has 7 nitrogen and oxygen atoms in total. The molecule has 1 aromatic carbocycles. The quantitative estimate of drug-likeness (QED) is 0.690. The van der Waals surface area contributed by atoms with Crippen LogP contribution in [0.1, 0.15) is 43.3 Å². The molecule has 0 saturated heterocycles. The Morgan fingerprint density at radius 1 is 1.26 bits per heavy atom. The lowest BCUT2D eigenvalue weighted by atomic mass is 10.1. The molecular weight excluding hydrogens is 344 g/mol. The summed E-state index contributed by atoms with van der Waals surface area (Å²) in [6, 6.07) is 7.04. The predicted octanol–water partition coefficient (Wildman–Crippen LogP) is 3.31. The first kappa shape index (κ1) is 18.8. The van der Waals surface area contributed by atoms with Gasteiger partial charge in [-0.1, -0.05) is 24.2 Å². The number of hydrogen-bond acceptors (Lipinski definition) is 5. The van der Waals surface area contributed by atoms with Gasteiger partial charge < -0.3 is 9.42 Å². The van der Waals surface area contributed by atoms with E-state index in [9.17, 15) is 9.59 Å². The Labute approximate surface area is 157 Å². The summed E-state index contributed by atoms with van der Waals surface area (Å²) in [7, 11) is 0. The zero-order chi connectivity index (χ0) is 19.7. The summed E-state index contributed by atoms with van der Waals surface area (Å²) < 4.78 is 6.41. The Morgan fingerprint density at radius 3 is 2.63 bits per heavy atom. The van der Waals surface area contributed by atoms with E-state index in [2.05, 4.69) is 10.3 Å². The summed E-state index contributed by atoms with van der Waals surface area (Å²) >= 11 is 0. The van der Waals surface area contributed by atoms with Crippen LogP contribution >= 0.6 is 0 Å². The van der Waals surface area contributed by atoms with E-state index in [0.29, 0.717) is 29.8 Å². The number of benzene rings is 1. The van der Waals surface area contributed by atoms with Crippen molar-refractivity contribution in [2.24, 2.45) is 0 Å². The van der Waals surface area contributed by atoms with Crippen LogP contribution in [-0.4, -0.2) is 27.4 Å². The lowest BCUT2D eigenvalue weighted by Crippen LogP contribution is -2.41. The summed E-state index contributed by atoms with van der Waals surface area (Å²) in [5, 5.41) is 8.90. The molecule has 0 aliphatic carbocycles. The molecule has 0 saturated carbocycles. The van der Waals surface area contributed by atoms with Crippen molar-refractivity contribution >= 4 is 22.5 Å². The number of carbonyl (C=O) groups is 1. The Balaban J connectivity index is 2.09. The topological polar surface area (TPSA) is 81.2 Å². The highest BCUT2D eigenvalue weighted by atomic mass is 16.5. The lowest BCUT2D eigenvalue weighted by molar-refractivity contribution is -0.122. The van der Waals surface area contributed by atoms with Crippen LogP contribution < -0.4 is 10.5 Å². The van der Waals surface area contributed by atoms with Crippen molar-refractivity contribution < 1.29 is 9.32 Å². The molecule has 7 heteroatoms. The van der Waals surface area contributed by atoms with Crippen molar-refractivity contribution in [1.82, 2.24) is 14.9 Å². The number of rotatable bonds is 5. The van der Waals surface area contributed by atoms with Gasteiger partial charge in [-0.25, -0.2) is 4.68 Å². The normalized spacial score (nSPS) is 12.3. The molecule has 0 N–H and O–H groups in total. The first-order valence-electron chi connectivity index (χ1n) is 9.12. The van der Waals surface area contributed by atoms with Crippen LogP contribution in [0.25, 0.3) is 10.9 Å². The highest BCUT2D eigenvalue weighted by molar-refractivity contribution is 5.96. The molecular formula is C20H24N4O3. The molecule has 0 radical (unpaired) electrons. The van der Waals surface area contributed by atoms with E-state index in [1.165, 1.54) is 4.68 Å². The molecule has 0 fully saturated rings. The van der Waals surface area contributed by atoms with Crippen LogP contribution in [0.4, 0.5) is 5.69 Å². The second kappa shape index (κ2) is 7.34. The number of fused-ring (bicyclic) bond motifs is 1. The van der Waals surface area contributed by atoms with Crippen LogP contribution in [0.5, 0.6) is 0 Å². The fourth-order valence-electron chi connectivity index (χ4n) is 3.41. The minimum atomic E-state index is -0.710. The van der Waals surface area contributed by atoms with E-state index >= 15 is 0 Å². The molecule has 3 rings (SSSR count). The molecule has 2 heterocycles. The molecule has 27 heavy (non-hydrogen) atoms. The highest BCUT2D eigenvalue weighted by Gasteiger charge is 2.28. The Hall–Kier alpha value is -2.96. The van der Waals surface area contributed by atoms with Crippen molar-refractivity contribution in [2.75, 3.05) is 11.4 Å². The minimum Gasteiger partial charge on any atom is -0.360 e. The highest BCUT2D eigenvalue weighted by Crippen LogP contribution is 2.23. The zero-order valence-electron chi connectivity index (χ0n) is 16.3. The third-order valence-corrected chi connectivity index (χ3v) is 4.76. The molecule has 0 aliphatic heterocycles. The van der Waals surface area contributed by atoms with Crippen LogP contribution in [-0.2, 0) is 4.79 Å². The van der Waals surface area contributed by atoms with E-state index in [4.69, 9.17) is 4.52 Å². The van der Waals surface area contributed by atoms with Crippen LogP contribution in [0, 0.1) is 20.8 Å². The predicted molar refractivity (Wildman–Crippen MR) is 104 cm³/mol. The van der Waals surface area contributed by atoms with Gasteiger partial charge in [-0.05, 0) is 51.8 Å². The van der Waals surface area contributed by atoms with Crippen molar-refractivity contribution in [3.63, 3.8) is 0 Å². The summed E-state index contributed by atoms with van der Waals surface area (Å²) in [6.45, 7) is 9.80. The van der Waals surface area contributed by atoms with Gasteiger partial charge >= 0.3 is 0 Å². The van der Waals surface area contributed by atoms with Crippen molar-refractivity contribution in [2.45, 2.75) is 47.1 Å². The van der Waals surface area contributed by atoms with E-state index in [0.717, 1.165) is 11.3 Å². The van der Waals surface area contributed by atoms with Crippen LogP contribution in [0.2, 0.25) is 0 Å². The van der Waals surface area contributed by atoms with E-state index < -0.39 is 11.6 Å². The van der Waals surface area contributed by atoms with Gasteiger partial charge in [-0.2, -0.15) is 5.10 Å². The second-order valence-corrected chi connectivity index (χ2v) is 6.64. The van der Waals surface area contributed by atoms with E-state index in [-0.39, 0.29) is 11.4 Å². The van der Waals surface area contributed by atoms with Crippen molar-refractivity contribution in [3.8, 4) is 0 Å². The second-order valence-electron chi connectivity index (χ2n) is 6.64. The third kappa shape index (κ3) is 3.25. The molecule has 1 amide bonds. The number of nitrogens with zero attached hydrogens (tertiary/aromatic N) is 4. The minimum absolute atomic E-state index is 0.167. The Bertz CT molecular complexity index is 1050. The third-order valence-electron chi connectivity index (χ3n) is 4.76. The molecule has 0 unspecified atom stereocenters. The van der Waals surface area contributed by atoms with Gasteiger partial charge in [-0.3, -0.25) is 9.59 Å². The van der Waals surface area contributed by atoms with Gasteiger partial charge in [0.1, 0.15) is 11.8 Å². The van der Waals surface area contributed by atoms with Gasteiger partial charge in [0.15, 0.2) is 5.52 Å². The number of aryl methyl sites for hydroxylation is 3. The number of amides is 1. The fraction of sp³-hybridized carbons (Fsp3) is 0.400. The first-order valence-corrected chi connectivity index (χ1v) is 9.12. The molecule has 3 aromatic rings. The molecule has 142 valence electrons. The summed E-state index contributed by atoms with van der Waals surface area (Å²) in [6.07, 6.45) is 0.440. The number of anilines is 1. The lowest BCUT2D eigenvalue weighted by Gasteiger charge is -2.26. The number of likely N-dealkylation sites (N-methyl/N-ethyl adjacent to an activating group) is 1. The van der Waals surface area contributed by atoms with Crippen molar-refractivity contribution in [3.05, 3.63) is 51.6 Å². The molecule has 0 aliphatic rings. The zero-order valence-corrected chi connectivity index (χ0v) is 16.3. The van der Waals surface area contributed by atoms with Gasteiger partial charge in [-0.15, -0.1) is 0 Å².